The number of aromatic nitrogens is 2. The summed E-state index contributed by atoms with van der Waals surface area (Å²) in [6, 6.07) is 7.39. The lowest BCUT2D eigenvalue weighted by atomic mass is 9.82. The van der Waals surface area contributed by atoms with Crippen molar-refractivity contribution < 1.29 is 30.7 Å². The standard InChI is InChI=1S/C20H15F7N2/c1-13(29-12-2-11-28-29)18(21,14-3-7-16(8-4-14)19(22,23)24)15-5-9-17(10-6-15)20(25,26)27/h2-13H,1H3. The van der Waals surface area contributed by atoms with Crippen molar-refractivity contribution in [3.63, 3.8) is 0 Å². The maximum atomic E-state index is 16.4. The van der Waals surface area contributed by atoms with E-state index in [1.807, 2.05) is 0 Å². The Morgan fingerprint density at radius 1 is 0.690 bits per heavy atom. The van der Waals surface area contributed by atoms with Gasteiger partial charge in [-0.15, -0.1) is 0 Å². The van der Waals surface area contributed by atoms with Crippen LogP contribution in [-0.2, 0) is 18.0 Å². The summed E-state index contributed by atoms with van der Waals surface area (Å²) in [6.45, 7) is 1.45. The minimum atomic E-state index is -4.60. The van der Waals surface area contributed by atoms with Gasteiger partial charge in [0, 0.05) is 12.4 Å². The molecule has 0 aliphatic carbocycles. The van der Waals surface area contributed by atoms with Crippen molar-refractivity contribution in [2.75, 3.05) is 0 Å². The van der Waals surface area contributed by atoms with E-state index in [2.05, 4.69) is 5.10 Å². The molecule has 154 valence electrons. The number of benzene rings is 2. The van der Waals surface area contributed by atoms with Crippen molar-refractivity contribution >= 4 is 0 Å². The molecule has 0 radical (unpaired) electrons. The molecule has 0 aliphatic heterocycles. The van der Waals surface area contributed by atoms with Gasteiger partial charge in [0.25, 0.3) is 0 Å². The third-order valence-electron chi connectivity index (χ3n) is 4.76. The number of nitrogens with zero attached hydrogens (tertiary/aromatic N) is 2. The summed E-state index contributed by atoms with van der Waals surface area (Å²) in [6.07, 6.45) is -6.33. The molecule has 1 unspecified atom stereocenters. The Balaban J connectivity index is 2.12. The monoisotopic (exact) mass is 416 g/mol. The highest BCUT2D eigenvalue weighted by molar-refractivity contribution is 5.41. The van der Waals surface area contributed by atoms with Gasteiger partial charge in [-0.25, -0.2) is 4.39 Å². The molecule has 0 amide bonds. The van der Waals surface area contributed by atoms with Crippen LogP contribution in [0.3, 0.4) is 0 Å². The molecular weight excluding hydrogens is 401 g/mol. The van der Waals surface area contributed by atoms with Gasteiger partial charge in [0.1, 0.15) is 0 Å². The normalized spacial score (nSPS) is 14.1. The van der Waals surface area contributed by atoms with Gasteiger partial charge in [0.15, 0.2) is 5.67 Å². The van der Waals surface area contributed by atoms with Crippen LogP contribution in [0.4, 0.5) is 30.7 Å². The first kappa shape index (κ1) is 20.9. The van der Waals surface area contributed by atoms with Crippen molar-refractivity contribution in [3.05, 3.63) is 89.2 Å². The van der Waals surface area contributed by atoms with Gasteiger partial charge in [0.2, 0.25) is 0 Å². The molecule has 1 heterocycles. The smallest absolute Gasteiger partial charge is 0.266 e. The minimum absolute atomic E-state index is 0.131. The van der Waals surface area contributed by atoms with Crippen molar-refractivity contribution in [2.45, 2.75) is 31.0 Å². The Morgan fingerprint density at radius 3 is 1.38 bits per heavy atom. The summed E-state index contributed by atoms with van der Waals surface area (Å²) in [5, 5.41) is 3.96. The van der Waals surface area contributed by atoms with E-state index < -0.39 is 35.2 Å². The first-order valence-electron chi connectivity index (χ1n) is 8.47. The van der Waals surface area contributed by atoms with Crippen LogP contribution in [0.15, 0.2) is 67.0 Å². The van der Waals surface area contributed by atoms with Gasteiger partial charge in [-0.2, -0.15) is 31.4 Å². The summed E-state index contributed by atoms with van der Waals surface area (Å²) in [5.41, 5.74) is -4.60. The molecule has 0 bridgehead atoms. The fraction of sp³-hybridized carbons (Fsp3) is 0.250. The molecule has 2 nitrogen and oxygen atoms in total. The molecule has 0 saturated heterocycles. The molecule has 1 aromatic heterocycles. The van der Waals surface area contributed by atoms with E-state index in [1.165, 1.54) is 30.1 Å². The molecule has 0 spiro atoms. The van der Waals surface area contributed by atoms with Crippen molar-refractivity contribution in [2.24, 2.45) is 0 Å². The SMILES string of the molecule is CC(n1cccn1)C(F)(c1ccc(C(F)(F)F)cc1)c1ccc(C(F)(F)F)cc1. The zero-order valence-corrected chi connectivity index (χ0v) is 15.0. The molecular formula is C20H15F7N2. The summed E-state index contributed by atoms with van der Waals surface area (Å²) in [4.78, 5) is 0. The van der Waals surface area contributed by atoms with E-state index in [0.29, 0.717) is 0 Å². The van der Waals surface area contributed by atoms with Crippen LogP contribution >= 0.6 is 0 Å². The predicted molar refractivity (Wildman–Crippen MR) is 91.7 cm³/mol. The Hall–Kier alpha value is -2.84. The average molecular weight is 416 g/mol. The molecule has 0 N–H and O–H groups in total. The molecule has 1 atom stereocenters. The average Bonchev–Trinajstić information content (AvgIpc) is 3.20. The lowest BCUT2D eigenvalue weighted by molar-refractivity contribution is -0.138. The molecule has 2 aromatic carbocycles. The predicted octanol–water partition coefficient (Wildman–Crippen LogP) is 6.40. The van der Waals surface area contributed by atoms with Gasteiger partial charge in [-0.1, -0.05) is 24.3 Å². The van der Waals surface area contributed by atoms with E-state index in [-0.39, 0.29) is 11.1 Å². The van der Waals surface area contributed by atoms with E-state index in [1.54, 1.807) is 0 Å². The van der Waals surface area contributed by atoms with Crippen molar-refractivity contribution in [1.82, 2.24) is 9.78 Å². The van der Waals surface area contributed by atoms with E-state index in [0.717, 1.165) is 48.5 Å². The molecule has 29 heavy (non-hydrogen) atoms. The molecule has 0 aliphatic rings. The zero-order chi connectivity index (χ0) is 21.4. The van der Waals surface area contributed by atoms with Crippen LogP contribution in [0.2, 0.25) is 0 Å². The van der Waals surface area contributed by atoms with Crippen molar-refractivity contribution in [3.8, 4) is 0 Å². The maximum absolute atomic E-state index is 16.4. The molecule has 0 fully saturated rings. The largest absolute Gasteiger partial charge is 0.416 e. The van der Waals surface area contributed by atoms with Gasteiger partial charge in [0.05, 0.1) is 17.2 Å². The van der Waals surface area contributed by atoms with Crippen LogP contribution in [0.1, 0.15) is 35.2 Å². The third-order valence-corrected chi connectivity index (χ3v) is 4.76. The third kappa shape index (κ3) is 3.99. The summed E-state index contributed by atoms with van der Waals surface area (Å²) in [7, 11) is 0. The zero-order valence-electron chi connectivity index (χ0n) is 15.0. The molecule has 3 rings (SSSR count). The van der Waals surface area contributed by atoms with E-state index in [9.17, 15) is 26.3 Å². The number of hydrogen-bond donors (Lipinski definition) is 0. The number of halogens is 7. The van der Waals surface area contributed by atoms with Crippen LogP contribution in [0, 0.1) is 0 Å². The minimum Gasteiger partial charge on any atom is -0.266 e. The lowest BCUT2D eigenvalue weighted by Crippen LogP contribution is -2.33. The Morgan fingerprint density at radius 2 is 1.07 bits per heavy atom. The molecule has 9 heteroatoms. The number of alkyl halides is 7. The van der Waals surface area contributed by atoms with Gasteiger partial charge in [-0.3, -0.25) is 4.68 Å². The second-order valence-corrected chi connectivity index (χ2v) is 6.52. The van der Waals surface area contributed by atoms with Gasteiger partial charge < -0.3 is 0 Å². The van der Waals surface area contributed by atoms with Crippen molar-refractivity contribution in [1.29, 1.82) is 0 Å². The summed E-state index contributed by atoms with van der Waals surface area (Å²) in [5.74, 6) is 0. The topological polar surface area (TPSA) is 17.8 Å². The van der Waals surface area contributed by atoms with Crippen LogP contribution < -0.4 is 0 Å². The second-order valence-electron chi connectivity index (χ2n) is 6.52. The summed E-state index contributed by atoms with van der Waals surface area (Å²) >= 11 is 0. The highest BCUT2D eigenvalue weighted by Gasteiger charge is 2.43. The van der Waals surface area contributed by atoms with Gasteiger partial charge in [-0.05, 0) is 48.4 Å². The Labute approximate surface area is 161 Å². The maximum Gasteiger partial charge on any atom is 0.416 e. The highest BCUT2D eigenvalue weighted by Crippen LogP contribution is 2.44. The lowest BCUT2D eigenvalue weighted by Gasteiger charge is -2.33. The quantitative estimate of drug-likeness (QED) is 0.451. The number of hydrogen-bond acceptors (Lipinski definition) is 1. The van der Waals surface area contributed by atoms with E-state index >= 15 is 4.39 Å². The highest BCUT2D eigenvalue weighted by atomic mass is 19.4. The first-order valence-corrected chi connectivity index (χ1v) is 8.47. The van der Waals surface area contributed by atoms with Crippen LogP contribution in [0.5, 0.6) is 0 Å². The molecule has 3 aromatic rings. The summed E-state index contributed by atoms with van der Waals surface area (Å²) < 4.78 is 94.9. The molecule has 0 saturated carbocycles. The van der Waals surface area contributed by atoms with Crippen LogP contribution in [-0.4, -0.2) is 9.78 Å². The first-order chi connectivity index (χ1) is 13.4. The fourth-order valence-electron chi connectivity index (χ4n) is 3.14. The Bertz CT molecular complexity index is 883. The number of rotatable bonds is 4. The fourth-order valence-corrected chi connectivity index (χ4v) is 3.14. The van der Waals surface area contributed by atoms with Crippen LogP contribution in [0.25, 0.3) is 0 Å². The van der Waals surface area contributed by atoms with E-state index in [4.69, 9.17) is 0 Å². The Kier molecular flexibility index (Phi) is 5.19. The second kappa shape index (κ2) is 7.20. The van der Waals surface area contributed by atoms with Gasteiger partial charge >= 0.3 is 12.4 Å².